The van der Waals surface area contributed by atoms with E-state index in [0.29, 0.717) is 0 Å². The van der Waals surface area contributed by atoms with Gasteiger partial charge in [-0.25, -0.2) is 0 Å². The minimum Gasteiger partial charge on any atom is -0.395 e. The van der Waals surface area contributed by atoms with Gasteiger partial charge in [-0.1, -0.05) is 60.7 Å². The first-order valence-electron chi connectivity index (χ1n) is 8.95. The molecule has 6 heteroatoms. The lowest BCUT2D eigenvalue weighted by Crippen LogP contribution is -2.62. The minimum absolute atomic E-state index is 0.763. The molecule has 0 saturated heterocycles. The molecule has 0 radical (unpaired) electrons. The van der Waals surface area contributed by atoms with Crippen LogP contribution in [0.4, 0.5) is 0 Å². The molecule has 144 valence electrons. The van der Waals surface area contributed by atoms with Crippen molar-refractivity contribution in [3.63, 3.8) is 0 Å². The molecule has 0 amide bonds. The molecule has 2 aromatic rings. The smallest absolute Gasteiger partial charge is 0.395 e. The van der Waals surface area contributed by atoms with Gasteiger partial charge in [0.15, 0.2) is 0 Å². The fourth-order valence-electron chi connectivity index (χ4n) is 2.77. The van der Waals surface area contributed by atoms with Crippen LogP contribution in [0.25, 0.3) is 0 Å². The molecule has 0 fully saturated rings. The highest BCUT2D eigenvalue weighted by molar-refractivity contribution is 6.92. The van der Waals surface area contributed by atoms with Gasteiger partial charge in [-0.05, 0) is 37.3 Å². The lowest BCUT2D eigenvalue weighted by atomic mass is 10.4. The molecule has 0 heterocycles. The Kier molecular flexibility index (Phi) is 10.0. The first-order valence-corrected chi connectivity index (χ1v) is 13.6. The van der Waals surface area contributed by atoms with Gasteiger partial charge in [-0.15, -0.1) is 0 Å². The molecule has 0 atom stereocenters. The molecule has 0 aliphatic carbocycles. The highest BCUT2D eigenvalue weighted by Gasteiger charge is 2.40. The Hall–Kier alpha value is -1.29. The molecular weight excluding hydrogens is 360 g/mol. The van der Waals surface area contributed by atoms with Gasteiger partial charge in [-0.2, -0.15) is 0 Å². The lowest BCUT2D eigenvalue weighted by molar-refractivity contribution is 0.196. The molecular formula is C20H32O4Si2. The normalized spacial score (nSPS) is 11.6. The summed E-state index contributed by atoms with van der Waals surface area (Å²) in [7, 11) is -0.763. The summed E-state index contributed by atoms with van der Waals surface area (Å²) in [6.45, 7) is 9.62. The van der Waals surface area contributed by atoms with E-state index < -0.39 is 17.1 Å². The second kappa shape index (κ2) is 11.4. The number of hydrogen-bond acceptors (Lipinski definition) is 4. The van der Waals surface area contributed by atoms with E-state index in [0.717, 1.165) is 23.6 Å². The molecule has 0 aliphatic rings. The summed E-state index contributed by atoms with van der Waals surface area (Å²) in [5, 5.41) is 2.24. The van der Waals surface area contributed by atoms with Crippen molar-refractivity contribution in [2.45, 2.75) is 26.9 Å². The molecule has 0 aromatic heterocycles. The highest BCUT2D eigenvalue weighted by Crippen LogP contribution is 2.07. The zero-order chi connectivity index (χ0) is 19.5. The van der Waals surface area contributed by atoms with E-state index in [1.54, 1.807) is 14.2 Å². The average Bonchev–Trinajstić information content (AvgIpc) is 2.65. The average molecular weight is 393 g/mol. The van der Waals surface area contributed by atoms with Crippen molar-refractivity contribution in [2.75, 3.05) is 27.4 Å². The third-order valence-electron chi connectivity index (χ3n) is 3.87. The van der Waals surface area contributed by atoms with Gasteiger partial charge in [0, 0.05) is 27.4 Å². The van der Waals surface area contributed by atoms with Crippen molar-refractivity contribution in [1.82, 2.24) is 0 Å². The minimum atomic E-state index is -2.50. The second-order valence-corrected chi connectivity index (χ2v) is 12.6. The summed E-state index contributed by atoms with van der Waals surface area (Å²) in [6.07, 6.45) is 0. The van der Waals surface area contributed by atoms with E-state index in [9.17, 15) is 0 Å². The third-order valence-corrected chi connectivity index (χ3v) is 9.17. The molecule has 26 heavy (non-hydrogen) atoms. The molecule has 0 aliphatic heterocycles. The zero-order valence-corrected chi connectivity index (χ0v) is 18.8. The maximum absolute atomic E-state index is 5.78. The maximum atomic E-state index is 5.78. The van der Waals surface area contributed by atoms with Crippen LogP contribution in [0, 0.1) is 0 Å². The first kappa shape index (κ1) is 22.8. The Morgan fingerprint density at radius 2 is 1.00 bits per heavy atom. The summed E-state index contributed by atoms with van der Waals surface area (Å²) in [4.78, 5) is 0. The molecule has 0 saturated carbocycles. The van der Waals surface area contributed by atoms with E-state index in [-0.39, 0.29) is 0 Å². The van der Waals surface area contributed by atoms with Crippen molar-refractivity contribution >= 4 is 27.5 Å². The van der Waals surface area contributed by atoms with Crippen molar-refractivity contribution in [2.24, 2.45) is 0 Å². The number of hydrogen-bond donors (Lipinski definition) is 0. The number of benzene rings is 2. The summed E-state index contributed by atoms with van der Waals surface area (Å²) < 4.78 is 22.3. The van der Waals surface area contributed by atoms with Crippen molar-refractivity contribution in [3.05, 3.63) is 60.7 Å². The summed E-state index contributed by atoms with van der Waals surface area (Å²) in [5.41, 5.74) is 0. The van der Waals surface area contributed by atoms with Gasteiger partial charge in [0.1, 0.15) is 0 Å². The Morgan fingerprint density at radius 1 is 0.654 bits per heavy atom. The Balaban J connectivity index is 0.000000321. The lowest BCUT2D eigenvalue weighted by Gasteiger charge is -2.27. The molecule has 2 aromatic carbocycles. The monoisotopic (exact) mass is 392 g/mol. The third kappa shape index (κ3) is 6.46. The van der Waals surface area contributed by atoms with Crippen molar-refractivity contribution in [3.8, 4) is 0 Å². The maximum Gasteiger partial charge on any atom is 0.406 e. The van der Waals surface area contributed by atoms with Crippen LogP contribution in [0.3, 0.4) is 0 Å². The summed E-state index contributed by atoms with van der Waals surface area (Å²) >= 11 is 0. The molecule has 0 bridgehead atoms. The van der Waals surface area contributed by atoms with E-state index >= 15 is 0 Å². The van der Waals surface area contributed by atoms with E-state index in [1.165, 1.54) is 0 Å². The molecule has 0 N–H and O–H groups in total. The zero-order valence-electron chi connectivity index (χ0n) is 16.8. The van der Waals surface area contributed by atoms with Gasteiger partial charge < -0.3 is 17.7 Å². The summed E-state index contributed by atoms with van der Waals surface area (Å²) in [6, 6.07) is 20.3. The van der Waals surface area contributed by atoms with Gasteiger partial charge in [0.2, 0.25) is 0 Å². The molecule has 4 nitrogen and oxygen atoms in total. The predicted molar refractivity (Wildman–Crippen MR) is 113 cm³/mol. The van der Waals surface area contributed by atoms with Crippen LogP contribution >= 0.6 is 0 Å². The summed E-state index contributed by atoms with van der Waals surface area (Å²) in [5.74, 6) is 0. The van der Waals surface area contributed by atoms with Crippen molar-refractivity contribution < 1.29 is 17.7 Å². The SMILES string of the molecule is CCO[Si](C)(C)OCC.CO[Si](OC)(c1ccccc1)c1ccccc1. The fourth-order valence-corrected chi connectivity index (χ4v) is 6.95. The van der Waals surface area contributed by atoms with Crippen LogP contribution in [0.1, 0.15) is 13.8 Å². The van der Waals surface area contributed by atoms with Crippen LogP contribution < -0.4 is 10.4 Å². The van der Waals surface area contributed by atoms with Crippen LogP contribution in [-0.4, -0.2) is 44.6 Å². The van der Waals surface area contributed by atoms with E-state index in [4.69, 9.17) is 17.7 Å². The van der Waals surface area contributed by atoms with Crippen molar-refractivity contribution in [1.29, 1.82) is 0 Å². The van der Waals surface area contributed by atoms with Crippen LogP contribution in [0.2, 0.25) is 13.1 Å². The van der Waals surface area contributed by atoms with Gasteiger partial charge in [0.25, 0.3) is 0 Å². The largest absolute Gasteiger partial charge is 0.406 e. The second-order valence-electron chi connectivity index (χ2n) is 6.02. The van der Waals surface area contributed by atoms with Crippen LogP contribution in [0.5, 0.6) is 0 Å². The van der Waals surface area contributed by atoms with E-state index in [1.807, 2.05) is 50.2 Å². The fraction of sp³-hybridized carbons (Fsp3) is 0.400. The Morgan fingerprint density at radius 3 is 1.27 bits per heavy atom. The highest BCUT2D eigenvalue weighted by atomic mass is 28.4. The molecule has 0 unspecified atom stereocenters. The van der Waals surface area contributed by atoms with E-state index in [2.05, 4.69) is 37.4 Å². The van der Waals surface area contributed by atoms with Gasteiger partial charge in [-0.3, -0.25) is 0 Å². The molecule has 0 spiro atoms. The quantitative estimate of drug-likeness (QED) is 0.646. The first-order chi connectivity index (χ1) is 12.5. The Bertz CT molecular complexity index is 552. The van der Waals surface area contributed by atoms with Crippen LogP contribution in [-0.2, 0) is 17.7 Å². The van der Waals surface area contributed by atoms with Gasteiger partial charge in [0.05, 0.1) is 0 Å². The van der Waals surface area contributed by atoms with Crippen LogP contribution in [0.15, 0.2) is 60.7 Å². The Labute approximate surface area is 160 Å². The van der Waals surface area contributed by atoms with Gasteiger partial charge >= 0.3 is 17.1 Å². The standard InChI is InChI=1S/C14H16O2Si.C6H16O2Si/c1-15-17(16-2,13-9-5-3-6-10-13)14-11-7-4-8-12-14;1-5-7-9(3,4)8-6-2/h3-12H,1-2H3;5-6H2,1-4H3. The predicted octanol–water partition coefficient (Wildman–Crippen LogP) is 3.30. The topological polar surface area (TPSA) is 36.9 Å². The number of rotatable bonds is 8. The molecule has 2 rings (SSSR count).